The van der Waals surface area contributed by atoms with Crippen LogP contribution in [0.1, 0.15) is 24.0 Å². The van der Waals surface area contributed by atoms with Crippen molar-refractivity contribution >= 4 is 5.91 Å². The fourth-order valence-corrected chi connectivity index (χ4v) is 3.20. The third-order valence-electron chi connectivity index (χ3n) is 4.51. The third kappa shape index (κ3) is 3.04. The maximum absolute atomic E-state index is 13.0. The van der Waals surface area contributed by atoms with Crippen LogP contribution in [0.4, 0.5) is 0 Å². The van der Waals surface area contributed by atoms with Crippen LogP contribution < -0.4 is 10.6 Å². The summed E-state index contributed by atoms with van der Waals surface area (Å²) in [5, 5.41) is 6.50. The van der Waals surface area contributed by atoms with E-state index in [9.17, 15) is 4.79 Å². The Balaban J connectivity index is 1.79. The van der Waals surface area contributed by atoms with Gasteiger partial charge in [-0.25, -0.2) is 0 Å². The maximum Gasteiger partial charge on any atom is 0.231 e. The Labute approximate surface area is 131 Å². The highest BCUT2D eigenvalue weighted by Crippen LogP contribution is 2.33. The number of rotatable bonds is 4. The van der Waals surface area contributed by atoms with E-state index >= 15 is 0 Å². The van der Waals surface area contributed by atoms with E-state index in [2.05, 4.69) is 22.8 Å². The molecule has 2 aromatic rings. The molecule has 3 rings (SSSR count). The van der Waals surface area contributed by atoms with E-state index in [4.69, 9.17) is 0 Å². The van der Waals surface area contributed by atoms with Gasteiger partial charge in [0.05, 0.1) is 5.41 Å². The molecule has 0 atom stereocenters. The molecule has 2 N–H and O–H groups in total. The van der Waals surface area contributed by atoms with Gasteiger partial charge < -0.3 is 10.6 Å². The van der Waals surface area contributed by atoms with Crippen LogP contribution in [-0.2, 0) is 16.8 Å². The Morgan fingerprint density at radius 1 is 0.955 bits per heavy atom. The van der Waals surface area contributed by atoms with Crippen LogP contribution >= 0.6 is 0 Å². The maximum atomic E-state index is 13.0. The van der Waals surface area contributed by atoms with E-state index < -0.39 is 5.41 Å². The number of hydrogen-bond acceptors (Lipinski definition) is 2. The molecule has 0 unspecified atom stereocenters. The first kappa shape index (κ1) is 14.8. The topological polar surface area (TPSA) is 41.1 Å². The SMILES string of the molecule is O=C(NCc1ccccc1)C1(c2ccccc2)CCNCC1. The second-order valence-electron chi connectivity index (χ2n) is 5.87. The molecule has 1 saturated heterocycles. The van der Waals surface area contributed by atoms with Crippen LogP contribution in [0.3, 0.4) is 0 Å². The number of benzene rings is 2. The number of nitrogens with one attached hydrogen (secondary N) is 2. The first-order chi connectivity index (χ1) is 10.8. The Bertz CT molecular complexity index is 604. The van der Waals surface area contributed by atoms with Crippen molar-refractivity contribution in [2.45, 2.75) is 24.8 Å². The minimum absolute atomic E-state index is 0.143. The van der Waals surface area contributed by atoms with Gasteiger partial charge in [0.15, 0.2) is 0 Å². The highest BCUT2D eigenvalue weighted by Gasteiger charge is 2.40. The molecule has 0 spiro atoms. The Morgan fingerprint density at radius 2 is 1.55 bits per heavy atom. The third-order valence-corrected chi connectivity index (χ3v) is 4.51. The molecule has 1 aliphatic rings. The summed E-state index contributed by atoms with van der Waals surface area (Å²) in [6.45, 7) is 2.35. The largest absolute Gasteiger partial charge is 0.351 e. The van der Waals surface area contributed by atoms with Gasteiger partial charge in [0.1, 0.15) is 0 Å². The van der Waals surface area contributed by atoms with Gasteiger partial charge in [-0.2, -0.15) is 0 Å². The van der Waals surface area contributed by atoms with Gasteiger partial charge in [-0.05, 0) is 37.1 Å². The lowest BCUT2D eigenvalue weighted by atomic mass is 9.72. The van der Waals surface area contributed by atoms with Gasteiger partial charge in [0.2, 0.25) is 5.91 Å². The zero-order valence-electron chi connectivity index (χ0n) is 12.7. The van der Waals surface area contributed by atoms with Crippen LogP contribution in [0.15, 0.2) is 60.7 Å². The van der Waals surface area contributed by atoms with E-state index in [0.29, 0.717) is 6.54 Å². The number of carbonyl (C=O) groups is 1. The summed E-state index contributed by atoms with van der Waals surface area (Å²) in [5.41, 5.74) is 1.86. The van der Waals surface area contributed by atoms with Gasteiger partial charge >= 0.3 is 0 Å². The van der Waals surface area contributed by atoms with Crippen LogP contribution in [-0.4, -0.2) is 19.0 Å². The molecule has 3 nitrogen and oxygen atoms in total. The number of hydrogen-bond donors (Lipinski definition) is 2. The molecule has 1 fully saturated rings. The van der Waals surface area contributed by atoms with Crippen LogP contribution in [0, 0.1) is 0 Å². The smallest absolute Gasteiger partial charge is 0.231 e. The first-order valence-corrected chi connectivity index (χ1v) is 7.90. The van der Waals surface area contributed by atoms with Crippen molar-refractivity contribution in [3.05, 3.63) is 71.8 Å². The van der Waals surface area contributed by atoms with Gasteiger partial charge in [-0.3, -0.25) is 4.79 Å². The van der Waals surface area contributed by atoms with Crippen molar-refractivity contribution in [2.75, 3.05) is 13.1 Å². The fraction of sp³-hybridized carbons (Fsp3) is 0.316. The molecule has 0 aromatic heterocycles. The quantitative estimate of drug-likeness (QED) is 0.910. The molecule has 3 heteroatoms. The summed E-state index contributed by atoms with van der Waals surface area (Å²) in [6, 6.07) is 20.3. The minimum Gasteiger partial charge on any atom is -0.351 e. The molecule has 2 aromatic carbocycles. The standard InChI is InChI=1S/C19H22N2O/c22-18(21-15-16-7-3-1-4-8-16)19(11-13-20-14-12-19)17-9-5-2-6-10-17/h1-10,20H,11-15H2,(H,21,22). The van der Waals surface area contributed by atoms with E-state index in [1.807, 2.05) is 48.5 Å². The highest BCUT2D eigenvalue weighted by molar-refractivity contribution is 5.88. The molecule has 22 heavy (non-hydrogen) atoms. The zero-order valence-corrected chi connectivity index (χ0v) is 12.7. The van der Waals surface area contributed by atoms with Crippen molar-refractivity contribution in [3.8, 4) is 0 Å². The van der Waals surface area contributed by atoms with Crippen LogP contribution in [0.2, 0.25) is 0 Å². The minimum atomic E-state index is -0.401. The monoisotopic (exact) mass is 294 g/mol. The Kier molecular flexibility index (Phi) is 4.54. The summed E-state index contributed by atoms with van der Waals surface area (Å²) >= 11 is 0. The van der Waals surface area contributed by atoms with E-state index in [-0.39, 0.29) is 5.91 Å². The predicted octanol–water partition coefficient (Wildman–Crippen LogP) is 2.62. The molecule has 114 valence electrons. The molecule has 0 bridgehead atoms. The number of carbonyl (C=O) groups excluding carboxylic acids is 1. The summed E-state index contributed by atoms with van der Waals surface area (Å²) in [7, 11) is 0. The zero-order chi connectivity index (χ0) is 15.3. The lowest BCUT2D eigenvalue weighted by molar-refractivity contribution is -0.128. The Hall–Kier alpha value is -2.13. The van der Waals surface area contributed by atoms with E-state index in [0.717, 1.165) is 37.1 Å². The molecule has 0 saturated carbocycles. The molecule has 0 aliphatic carbocycles. The van der Waals surface area contributed by atoms with Crippen LogP contribution in [0.5, 0.6) is 0 Å². The average molecular weight is 294 g/mol. The second kappa shape index (κ2) is 6.75. The number of amides is 1. The lowest BCUT2D eigenvalue weighted by Gasteiger charge is -2.36. The van der Waals surface area contributed by atoms with Crippen molar-refractivity contribution in [1.82, 2.24) is 10.6 Å². The van der Waals surface area contributed by atoms with Crippen molar-refractivity contribution < 1.29 is 4.79 Å². The summed E-state index contributed by atoms with van der Waals surface area (Å²) in [5.74, 6) is 0.143. The molecule has 1 heterocycles. The summed E-state index contributed by atoms with van der Waals surface area (Å²) in [4.78, 5) is 13.0. The van der Waals surface area contributed by atoms with Gasteiger partial charge in [0.25, 0.3) is 0 Å². The highest BCUT2D eigenvalue weighted by atomic mass is 16.2. The Morgan fingerprint density at radius 3 is 2.18 bits per heavy atom. The van der Waals surface area contributed by atoms with E-state index in [1.54, 1.807) is 0 Å². The molecule has 1 aliphatic heterocycles. The van der Waals surface area contributed by atoms with Crippen LogP contribution in [0.25, 0.3) is 0 Å². The number of piperidine rings is 1. The predicted molar refractivity (Wildman–Crippen MR) is 88.5 cm³/mol. The molecular weight excluding hydrogens is 272 g/mol. The fourth-order valence-electron chi connectivity index (χ4n) is 3.20. The molecule has 0 radical (unpaired) electrons. The van der Waals surface area contributed by atoms with E-state index in [1.165, 1.54) is 0 Å². The normalized spacial score (nSPS) is 16.9. The molecular formula is C19H22N2O. The molecule has 1 amide bonds. The van der Waals surface area contributed by atoms with Crippen molar-refractivity contribution in [3.63, 3.8) is 0 Å². The summed E-state index contributed by atoms with van der Waals surface area (Å²) < 4.78 is 0. The lowest BCUT2D eigenvalue weighted by Crippen LogP contribution is -2.50. The average Bonchev–Trinajstić information content (AvgIpc) is 2.62. The van der Waals surface area contributed by atoms with Gasteiger partial charge in [-0.15, -0.1) is 0 Å². The van der Waals surface area contributed by atoms with Crippen molar-refractivity contribution in [2.24, 2.45) is 0 Å². The van der Waals surface area contributed by atoms with Crippen molar-refractivity contribution in [1.29, 1.82) is 0 Å². The first-order valence-electron chi connectivity index (χ1n) is 7.90. The second-order valence-corrected chi connectivity index (χ2v) is 5.87. The van der Waals surface area contributed by atoms with Gasteiger partial charge in [-0.1, -0.05) is 60.7 Å². The summed E-state index contributed by atoms with van der Waals surface area (Å²) in [6.07, 6.45) is 1.69. The van der Waals surface area contributed by atoms with Gasteiger partial charge in [0, 0.05) is 6.54 Å².